The molecular weight excluding hydrogens is 238 g/mol. The minimum Gasteiger partial charge on any atom is -0.286 e. The lowest BCUT2D eigenvalue weighted by atomic mass is 9.90. The number of hydrogen-bond donors (Lipinski definition) is 0. The van der Waals surface area contributed by atoms with E-state index >= 15 is 0 Å². The topological polar surface area (TPSA) is 73.6 Å². The maximum Gasteiger partial charge on any atom is 0.226 e. The van der Waals surface area contributed by atoms with Crippen LogP contribution in [0.25, 0.3) is 0 Å². The Morgan fingerprint density at radius 1 is 1.41 bits per heavy atom. The average molecular weight is 251 g/mol. The van der Waals surface area contributed by atoms with Gasteiger partial charge in [-0.05, 0) is 11.5 Å². The lowest BCUT2D eigenvalue weighted by molar-refractivity contribution is 0.103. The number of nitrogens with zero attached hydrogens (tertiary/aromatic N) is 5. The number of ketones is 1. The van der Waals surface area contributed by atoms with Gasteiger partial charge in [0, 0.05) is 12.5 Å². The van der Waals surface area contributed by atoms with Crippen LogP contribution in [0.4, 0.5) is 0 Å². The molecule has 2 aromatic rings. The minimum absolute atomic E-state index is 0.127. The van der Waals surface area contributed by atoms with Gasteiger partial charge in [0.1, 0.15) is 10.6 Å². The Bertz CT molecular complexity index is 551. The van der Waals surface area contributed by atoms with Crippen LogP contribution >= 0.6 is 11.5 Å². The van der Waals surface area contributed by atoms with Crippen LogP contribution in [0.3, 0.4) is 0 Å². The number of carbonyl (C=O) groups excluding carboxylic acids is 1. The highest BCUT2D eigenvalue weighted by Gasteiger charge is 2.28. The third-order valence-corrected chi connectivity index (χ3v) is 3.08. The molecule has 2 aromatic heterocycles. The highest BCUT2D eigenvalue weighted by molar-refractivity contribution is 7.08. The Morgan fingerprint density at radius 3 is 2.65 bits per heavy atom. The summed E-state index contributed by atoms with van der Waals surface area (Å²) in [5.74, 6) is -0.127. The van der Waals surface area contributed by atoms with Gasteiger partial charge in [0.2, 0.25) is 5.78 Å². The van der Waals surface area contributed by atoms with Crippen molar-refractivity contribution in [2.24, 2.45) is 7.05 Å². The number of rotatable bonds is 2. The first-order chi connectivity index (χ1) is 7.91. The first-order valence-electron chi connectivity index (χ1n) is 5.13. The molecule has 0 spiro atoms. The fraction of sp³-hybridized carbons (Fsp3) is 0.500. The molecule has 0 saturated heterocycles. The van der Waals surface area contributed by atoms with Gasteiger partial charge < -0.3 is 0 Å². The van der Waals surface area contributed by atoms with Gasteiger partial charge in [0.15, 0.2) is 0 Å². The SMILES string of the molecule is Cn1nncc1C(=O)c1snnc1C(C)(C)C. The van der Waals surface area contributed by atoms with E-state index in [0.717, 1.165) is 11.5 Å². The van der Waals surface area contributed by atoms with Gasteiger partial charge in [0.25, 0.3) is 0 Å². The molecule has 0 aromatic carbocycles. The van der Waals surface area contributed by atoms with Crippen molar-refractivity contribution in [1.29, 1.82) is 0 Å². The molecule has 0 atom stereocenters. The summed E-state index contributed by atoms with van der Waals surface area (Å²) in [5, 5.41) is 11.5. The highest BCUT2D eigenvalue weighted by atomic mass is 32.1. The molecule has 0 aliphatic rings. The Hall–Kier alpha value is -1.63. The zero-order valence-electron chi connectivity index (χ0n) is 10.1. The lowest BCUT2D eigenvalue weighted by Gasteiger charge is -2.15. The molecule has 2 heterocycles. The third kappa shape index (κ3) is 2.10. The van der Waals surface area contributed by atoms with Crippen LogP contribution in [-0.4, -0.2) is 30.4 Å². The van der Waals surface area contributed by atoms with Gasteiger partial charge in [0.05, 0.1) is 11.9 Å². The maximum absolute atomic E-state index is 12.3. The molecule has 0 aliphatic heterocycles. The molecule has 0 aliphatic carbocycles. The quantitative estimate of drug-likeness (QED) is 0.750. The number of aryl methyl sites for hydroxylation is 1. The zero-order chi connectivity index (χ0) is 12.6. The van der Waals surface area contributed by atoms with E-state index in [9.17, 15) is 4.79 Å². The van der Waals surface area contributed by atoms with E-state index in [1.165, 1.54) is 10.9 Å². The second kappa shape index (κ2) is 3.99. The van der Waals surface area contributed by atoms with E-state index < -0.39 is 0 Å². The van der Waals surface area contributed by atoms with Crippen molar-refractivity contribution >= 4 is 17.3 Å². The first kappa shape index (κ1) is 11.8. The summed E-state index contributed by atoms with van der Waals surface area (Å²) in [6, 6.07) is 0. The summed E-state index contributed by atoms with van der Waals surface area (Å²) < 4.78 is 5.32. The number of carbonyl (C=O) groups is 1. The van der Waals surface area contributed by atoms with Crippen LogP contribution < -0.4 is 0 Å². The molecule has 0 unspecified atom stereocenters. The molecule has 0 N–H and O–H groups in total. The Balaban J connectivity index is 2.46. The Morgan fingerprint density at radius 2 is 2.12 bits per heavy atom. The summed E-state index contributed by atoms with van der Waals surface area (Å²) in [6.07, 6.45) is 1.45. The van der Waals surface area contributed by atoms with Crippen molar-refractivity contribution in [2.75, 3.05) is 0 Å². The van der Waals surface area contributed by atoms with Crippen LogP contribution in [0.5, 0.6) is 0 Å². The molecule has 90 valence electrons. The van der Waals surface area contributed by atoms with E-state index in [1.807, 2.05) is 20.8 Å². The fourth-order valence-electron chi connectivity index (χ4n) is 1.44. The molecule has 0 fully saturated rings. The van der Waals surface area contributed by atoms with Crippen molar-refractivity contribution in [2.45, 2.75) is 26.2 Å². The van der Waals surface area contributed by atoms with Gasteiger partial charge in [-0.15, -0.1) is 10.2 Å². The molecule has 7 heteroatoms. The minimum atomic E-state index is -0.204. The van der Waals surface area contributed by atoms with E-state index in [1.54, 1.807) is 7.05 Å². The number of aromatic nitrogens is 5. The second-order valence-electron chi connectivity index (χ2n) is 4.77. The van der Waals surface area contributed by atoms with Crippen molar-refractivity contribution in [3.05, 3.63) is 22.5 Å². The third-order valence-electron chi connectivity index (χ3n) is 2.35. The maximum atomic E-state index is 12.3. The van der Waals surface area contributed by atoms with Crippen molar-refractivity contribution in [1.82, 2.24) is 24.6 Å². The van der Waals surface area contributed by atoms with Gasteiger partial charge in [-0.3, -0.25) is 4.79 Å². The zero-order valence-corrected chi connectivity index (χ0v) is 10.9. The van der Waals surface area contributed by atoms with Crippen molar-refractivity contribution < 1.29 is 4.79 Å². The Labute approximate surface area is 103 Å². The molecule has 17 heavy (non-hydrogen) atoms. The van der Waals surface area contributed by atoms with Crippen LogP contribution in [0, 0.1) is 0 Å². The normalized spacial score (nSPS) is 11.8. The summed E-state index contributed by atoms with van der Waals surface area (Å²) in [6.45, 7) is 6.01. The molecule has 2 rings (SSSR count). The second-order valence-corrected chi connectivity index (χ2v) is 5.53. The highest BCUT2D eigenvalue weighted by Crippen LogP contribution is 2.27. The van der Waals surface area contributed by atoms with Crippen LogP contribution in [0.1, 0.15) is 41.8 Å². The number of hydrogen-bond acceptors (Lipinski definition) is 6. The van der Waals surface area contributed by atoms with Gasteiger partial charge >= 0.3 is 0 Å². The fourth-order valence-corrected chi connectivity index (χ4v) is 2.27. The van der Waals surface area contributed by atoms with Gasteiger partial charge in [-0.25, -0.2) is 4.68 Å². The van der Waals surface area contributed by atoms with E-state index in [2.05, 4.69) is 19.9 Å². The van der Waals surface area contributed by atoms with Crippen LogP contribution in [-0.2, 0) is 12.5 Å². The standard InChI is InChI=1S/C10H13N5OS/c1-10(2,3)9-8(17-14-12-9)7(16)6-5-11-13-15(6)4/h5H,1-4H3. The lowest BCUT2D eigenvalue weighted by Crippen LogP contribution is -2.17. The predicted molar refractivity (Wildman–Crippen MR) is 63.0 cm³/mol. The molecule has 0 amide bonds. The molecule has 0 saturated carbocycles. The van der Waals surface area contributed by atoms with E-state index in [4.69, 9.17) is 0 Å². The summed E-state index contributed by atoms with van der Waals surface area (Å²) in [7, 11) is 1.69. The van der Waals surface area contributed by atoms with Gasteiger partial charge in [-0.2, -0.15) is 0 Å². The Kier molecular flexibility index (Phi) is 2.78. The molecule has 0 radical (unpaired) electrons. The molecule has 6 nitrogen and oxygen atoms in total. The van der Waals surface area contributed by atoms with E-state index in [0.29, 0.717) is 16.3 Å². The largest absolute Gasteiger partial charge is 0.286 e. The molecular formula is C10H13N5OS. The summed E-state index contributed by atoms with van der Waals surface area (Å²) >= 11 is 1.11. The smallest absolute Gasteiger partial charge is 0.226 e. The summed E-state index contributed by atoms with van der Waals surface area (Å²) in [5.41, 5.74) is 0.958. The van der Waals surface area contributed by atoms with Crippen molar-refractivity contribution in [3.8, 4) is 0 Å². The average Bonchev–Trinajstić information content (AvgIpc) is 2.82. The van der Waals surface area contributed by atoms with Gasteiger partial charge in [-0.1, -0.05) is 30.5 Å². The van der Waals surface area contributed by atoms with Crippen LogP contribution in [0.15, 0.2) is 6.20 Å². The first-order valence-corrected chi connectivity index (χ1v) is 5.91. The monoisotopic (exact) mass is 251 g/mol. The van der Waals surface area contributed by atoms with Crippen molar-refractivity contribution in [3.63, 3.8) is 0 Å². The predicted octanol–water partition coefficient (Wildman–Crippen LogP) is 1.20. The molecule has 0 bridgehead atoms. The van der Waals surface area contributed by atoms with E-state index in [-0.39, 0.29) is 11.2 Å². The van der Waals surface area contributed by atoms with Crippen LogP contribution in [0.2, 0.25) is 0 Å². The summed E-state index contributed by atoms with van der Waals surface area (Å²) in [4.78, 5) is 12.8.